The second-order valence-corrected chi connectivity index (χ2v) is 6.18. The summed E-state index contributed by atoms with van der Waals surface area (Å²) in [5, 5.41) is 0. The van der Waals surface area contributed by atoms with Crippen molar-refractivity contribution in [1.82, 2.24) is 10.4 Å². The third-order valence-corrected chi connectivity index (χ3v) is 4.58. The molecule has 1 unspecified atom stereocenters. The maximum absolute atomic E-state index is 5.86. The zero-order valence-corrected chi connectivity index (χ0v) is 12.9. The van der Waals surface area contributed by atoms with E-state index in [1.165, 1.54) is 24.8 Å². The highest BCUT2D eigenvalue weighted by molar-refractivity contribution is 9.10. The van der Waals surface area contributed by atoms with Crippen LogP contribution in [0.3, 0.4) is 0 Å². The summed E-state index contributed by atoms with van der Waals surface area (Å²) >= 11 is 3.46. The van der Waals surface area contributed by atoms with E-state index in [-0.39, 0.29) is 11.6 Å². The predicted octanol–water partition coefficient (Wildman–Crippen LogP) is 2.57. The van der Waals surface area contributed by atoms with E-state index < -0.39 is 0 Å². The Morgan fingerprint density at radius 2 is 2.16 bits per heavy atom. The van der Waals surface area contributed by atoms with Gasteiger partial charge >= 0.3 is 0 Å². The molecule has 1 aliphatic carbocycles. The van der Waals surface area contributed by atoms with Gasteiger partial charge in [-0.05, 0) is 46.8 Å². The highest BCUT2D eigenvalue weighted by Gasteiger charge is 2.39. The first kappa shape index (κ1) is 14.9. The summed E-state index contributed by atoms with van der Waals surface area (Å²) in [6.45, 7) is 0. The second-order valence-electron chi connectivity index (χ2n) is 5.26. The Morgan fingerprint density at radius 1 is 1.42 bits per heavy atom. The van der Waals surface area contributed by atoms with Crippen molar-refractivity contribution in [2.75, 3.05) is 7.11 Å². The number of hydrogen-bond acceptors (Lipinski definition) is 4. The molecule has 0 amide bonds. The molecule has 19 heavy (non-hydrogen) atoms. The van der Waals surface area contributed by atoms with Crippen LogP contribution in [0.15, 0.2) is 22.9 Å². The summed E-state index contributed by atoms with van der Waals surface area (Å²) in [5.74, 6) is 5.79. The van der Waals surface area contributed by atoms with Crippen LogP contribution in [0.5, 0.6) is 0 Å². The molecule has 0 bridgehead atoms. The fourth-order valence-electron chi connectivity index (χ4n) is 3.05. The molecule has 2 rings (SSSR count). The van der Waals surface area contributed by atoms with E-state index in [0.717, 1.165) is 23.7 Å². The third kappa shape index (κ3) is 3.54. The molecule has 0 aromatic carbocycles. The minimum Gasteiger partial charge on any atom is -0.377 e. The second kappa shape index (κ2) is 6.79. The Labute approximate surface area is 123 Å². The van der Waals surface area contributed by atoms with Gasteiger partial charge in [-0.25, -0.2) is 0 Å². The lowest BCUT2D eigenvalue weighted by molar-refractivity contribution is -0.0674. The number of aromatic nitrogens is 1. The van der Waals surface area contributed by atoms with E-state index >= 15 is 0 Å². The first-order chi connectivity index (χ1) is 9.20. The molecule has 3 N–H and O–H groups in total. The van der Waals surface area contributed by atoms with Crippen molar-refractivity contribution in [3.05, 3.63) is 28.5 Å². The Kier molecular flexibility index (Phi) is 5.33. The molecular weight excluding hydrogens is 306 g/mol. The van der Waals surface area contributed by atoms with E-state index in [1.807, 2.05) is 6.20 Å². The van der Waals surface area contributed by atoms with Crippen LogP contribution in [0.2, 0.25) is 0 Å². The summed E-state index contributed by atoms with van der Waals surface area (Å²) in [4.78, 5) is 4.21. The topological polar surface area (TPSA) is 60.2 Å². The number of halogens is 1. The first-order valence-electron chi connectivity index (χ1n) is 6.81. The van der Waals surface area contributed by atoms with E-state index in [1.54, 1.807) is 13.3 Å². The van der Waals surface area contributed by atoms with Crippen LogP contribution in [0, 0.1) is 0 Å². The molecule has 0 radical (unpaired) electrons. The van der Waals surface area contributed by atoms with Gasteiger partial charge in [0, 0.05) is 24.0 Å². The number of nitrogens with zero attached hydrogens (tertiary/aromatic N) is 1. The number of methoxy groups -OCH3 is 1. The van der Waals surface area contributed by atoms with E-state index in [0.29, 0.717) is 0 Å². The standard InChI is InChI=1S/C14H22BrN3O/c1-19-14(5-3-2-4-6-14)13(18-16)8-11-7-12(15)10-17-9-11/h7,9-10,13,18H,2-6,8,16H2,1H3. The molecule has 1 aromatic heterocycles. The largest absolute Gasteiger partial charge is 0.377 e. The molecule has 1 saturated carbocycles. The first-order valence-corrected chi connectivity index (χ1v) is 7.60. The Hall–Kier alpha value is -0.490. The van der Waals surface area contributed by atoms with Crippen LogP contribution < -0.4 is 11.3 Å². The molecule has 1 aromatic rings. The van der Waals surface area contributed by atoms with Gasteiger partial charge in [0.25, 0.3) is 0 Å². The summed E-state index contributed by atoms with van der Waals surface area (Å²) < 4.78 is 6.86. The van der Waals surface area contributed by atoms with Gasteiger partial charge in [-0.15, -0.1) is 0 Å². The SMILES string of the molecule is COC1(C(Cc2cncc(Br)c2)NN)CCCCC1. The zero-order valence-electron chi connectivity index (χ0n) is 11.4. The van der Waals surface area contributed by atoms with Crippen molar-refractivity contribution in [1.29, 1.82) is 0 Å². The number of pyridine rings is 1. The van der Waals surface area contributed by atoms with Crippen LogP contribution in [0.4, 0.5) is 0 Å². The predicted molar refractivity (Wildman–Crippen MR) is 79.6 cm³/mol. The summed E-state index contributed by atoms with van der Waals surface area (Å²) in [6, 6.07) is 2.21. The van der Waals surface area contributed by atoms with Crippen LogP contribution in [0.25, 0.3) is 0 Å². The molecule has 5 heteroatoms. The molecule has 1 aliphatic rings. The zero-order chi connectivity index (χ0) is 13.7. The minimum absolute atomic E-state index is 0.119. The van der Waals surface area contributed by atoms with Crippen LogP contribution >= 0.6 is 15.9 Å². The van der Waals surface area contributed by atoms with E-state index in [2.05, 4.69) is 32.4 Å². The van der Waals surface area contributed by atoms with Gasteiger partial charge in [-0.3, -0.25) is 16.3 Å². The quantitative estimate of drug-likeness (QED) is 0.644. The van der Waals surface area contributed by atoms with Gasteiger partial charge in [0.15, 0.2) is 0 Å². The Bertz CT molecular complexity index is 407. The Morgan fingerprint density at radius 3 is 2.74 bits per heavy atom. The monoisotopic (exact) mass is 327 g/mol. The third-order valence-electron chi connectivity index (χ3n) is 4.14. The molecular formula is C14H22BrN3O. The maximum atomic E-state index is 5.86. The molecule has 1 heterocycles. The number of nitrogens with two attached hydrogens (primary N) is 1. The smallest absolute Gasteiger partial charge is 0.0847 e. The van der Waals surface area contributed by atoms with Gasteiger partial charge < -0.3 is 4.74 Å². The van der Waals surface area contributed by atoms with Gasteiger partial charge in [-0.1, -0.05) is 19.3 Å². The van der Waals surface area contributed by atoms with Crippen molar-refractivity contribution in [3.63, 3.8) is 0 Å². The Balaban J connectivity index is 2.14. The van der Waals surface area contributed by atoms with Crippen molar-refractivity contribution in [2.24, 2.45) is 5.84 Å². The van der Waals surface area contributed by atoms with Gasteiger partial charge in [-0.2, -0.15) is 0 Å². The normalized spacial score (nSPS) is 20.2. The number of hydrazine groups is 1. The van der Waals surface area contributed by atoms with Gasteiger partial charge in [0.05, 0.1) is 11.6 Å². The molecule has 0 spiro atoms. The average Bonchev–Trinajstić information content (AvgIpc) is 2.45. The van der Waals surface area contributed by atoms with Crippen LogP contribution in [0.1, 0.15) is 37.7 Å². The number of nitrogens with one attached hydrogen (secondary N) is 1. The minimum atomic E-state index is -0.144. The highest BCUT2D eigenvalue weighted by atomic mass is 79.9. The number of ether oxygens (including phenoxy) is 1. The average molecular weight is 328 g/mol. The highest BCUT2D eigenvalue weighted by Crippen LogP contribution is 2.35. The van der Waals surface area contributed by atoms with Crippen LogP contribution in [-0.4, -0.2) is 23.7 Å². The number of hydrogen-bond donors (Lipinski definition) is 2. The molecule has 0 saturated heterocycles. The lowest BCUT2D eigenvalue weighted by Crippen LogP contribution is -2.56. The fourth-order valence-corrected chi connectivity index (χ4v) is 3.46. The molecule has 0 aliphatic heterocycles. The maximum Gasteiger partial charge on any atom is 0.0847 e. The summed E-state index contributed by atoms with van der Waals surface area (Å²) in [7, 11) is 1.80. The van der Waals surface area contributed by atoms with E-state index in [4.69, 9.17) is 10.6 Å². The summed E-state index contributed by atoms with van der Waals surface area (Å²) in [6.07, 6.45) is 10.4. The van der Waals surface area contributed by atoms with Crippen molar-refractivity contribution >= 4 is 15.9 Å². The lowest BCUT2D eigenvalue weighted by atomic mass is 9.77. The molecule has 1 fully saturated rings. The van der Waals surface area contributed by atoms with Crippen molar-refractivity contribution in [3.8, 4) is 0 Å². The van der Waals surface area contributed by atoms with Crippen molar-refractivity contribution < 1.29 is 4.74 Å². The fraction of sp³-hybridized carbons (Fsp3) is 0.643. The molecule has 106 valence electrons. The molecule has 1 atom stereocenters. The van der Waals surface area contributed by atoms with Crippen molar-refractivity contribution in [2.45, 2.75) is 50.2 Å². The summed E-state index contributed by atoms with van der Waals surface area (Å²) in [5.41, 5.74) is 3.99. The molecule has 4 nitrogen and oxygen atoms in total. The van der Waals surface area contributed by atoms with E-state index in [9.17, 15) is 0 Å². The van der Waals surface area contributed by atoms with Gasteiger partial charge in [0.1, 0.15) is 0 Å². The van der Waals surface area contributed by atoms with Gasteiger partial charge in [0.2, 0.25) is 0 Å². The number of rotatable bonds is 5. The lowest BCUT2D eigenvalue weighted by Gasteiger charge is -2.42. The van der Waals surface area contributed by atoms with Crippen LogP contribution in [-0.2, 0) is 11.2 Å².